The predicted molar refractivity (Wildman–Crippen MR) is 134 cm³/mol. The molecule has 6 heteroatoms. The van der Waals surface area contributed by atoms with Crippen LogP contribution in [0.4, 0.5) is 17.1 Å². The Morgan fingerprint density at radius 3 is 1.61 bits per heavy atom. The first kappa shape index (κ1) is 22.6. The van der Waals surface area contributed by atoms with Crippen LogP contribution in [0.25, 0.3) is 0 Å². The van der Waals surface area contributed by atoms with Crippen molar-refractivity contribution in [2.24, 2.45) is 0 Å². The molecule has 4 rings (SSSR count). The smallest absolute Gasteiger partial charge is 0.269 e. The van der Waals surface area contributed by atoms with Gasteiger partial charge in [-0.15, -0.1) is 0 Å². The van der Waals surface area contributed by atoms with E-state index in [2.05, 4.69) is 73.9 Å². The molecule has 0 saturated carbocycles. The molecule has 0 aliphatic carbocycles. The number of nitro benzene ring substituents is 1. The molecule has 1 aliphatic heterocycles. The van der Waals surface area contributed by atoms with Crippen LogP contribution in [0.2, 0.25) is 0 Å². The van der Waals surface area contributed by atoms with Crippen molar-refractivity contribution in [3.63, 3.8) is 0 Å². The number of rotatable bonds is 8. The SMILES string of the molecule is CCN(CC)c1ccc2c(c1)Oc1cc(N(CC)CC)ccc1C2c1ccc([N+](=O)[O-])cc1. The maximum absolute atomic E-state index is 11.2. The number of fused-ring (bicyclic) bond motifs is 2. The highest BCUT2D eigenvalue weighted by atomic mass is 16.6. The third-order valence-corrected chi connectivity index (χ3v) is 6.53. The van der Waals surface area contributed by atoms with Gasteiger partial charge in [-0.2, -0.15) is 0 Å². The van der Waals surface area contributed by atoms with Gasteiger partial charge < -0.3 is 14.5 Å². The van der Waals surface area contributed by atoms with E-state index in [1.54, 1.807) is 12.1 Å². The molecule has 0 atom stereocenters. The van der Waals surface area contributed by atoms with Crippen LogP contribution < -0.4 is 14.5 Å². The number of ether oxygens (including phenoxy) is 1. The van der Waals surface area contributed by atoms with Gasteiger partial charge in [-0.3, -0.25) is 10.1 Å². The summed E-state index contributed by atoms with van der Waals surface area (Å²) < 4.78 is 6.49. The van der Waals surface area contributed by atoms with Crippen LogP contribution in [0, 0.1) is 10.1 Å². The zero-order valence-electron chi connectivity index (χ0n) is 19.7. The van der Waals surface area contributed by atoms with Crippen LogP contribution in [0.3, 0.4) is 0 Å². The molecule has 0 aromatic heterocycles. The fourth-order valence-electron chi connectivity index (χ4n) is 4.70. The molecule has 0 bridgehead atoms. The van der Waals surface area contributed by atoms with E-state index in [0.717, 1.165) is 65.7 Å². The molecule has 3 aromatic carbocycles. The minimum Gasteiger partial charge on any atom is -0.457 e. The summed E-state index contributed by atoms with van der Waals surface area (Å²) in [6.45, 7) is 12.3. The highest BCUT2D eigenvalue weighted by molar-refractivity contribution is 5.66. The summed E-state index contributed by atoms with van der Waals surface area (Å²) in [5.41, 5.74) is 5.51. The van der Waals surface area contributed by atoms with Gasteiger partial charge in [0.1, 0.15) is 11.5 Å². The second kappa shape index (κ2) is 9.53. The van der Waals surface area contributed by atoms with Gasteiger partial charge >= 0.3 is 0 Å². The van der Waals surface area contributed by atoms with E-state index in [0.29, 0.717) is 0 Å². The van der Waals surface area contributed by atoms with Crippen molar-refractivity contribution in [2.75, 3.05) is 36.0 Å². The third-order valence-electron chi connectivity index (χ3n) is 6.53. The van der Waals surface area contributed by atoms with Gasteiger partial charge in [0, 0.05) is 78.9 Å². The average molecular weight is 446 g/mol. The maximum Gasteiger partial charge on any atom is 0.269 e. The first-order chi connectivity index (χ1) is 16.0. The number of nitro groups is 1. The lowest BCUT2D eigenvalue weighted by Gasteiger charge is -2.32. The number of hydrogen-bond acceptors (Lipinski definition) is 5. The van der Waals surface area contributed by atoms with E-state index >= 15 is 0 Å². The average Bonchev–Trinajstić information content (AvgIpc) is 2.84. The molecule has 1 heterocycles. The number of benzene rings is 3. The van der Waals surface area contributed by atoms with Crippen molar-refractivity contribution in [2.45, 2.75) is 33.6 Å². The Hall–Kier alpha value is -3.54. The lowest BCUT2D eigenvalue weighted by Crippen LogP contribution is -2.23. The summed E-state index contributed by atoms with van der Waals surface area (Å²) in [5, 5.41) is 11.2. The van der Waals surface area contributed by atoms with Crippen LogP contribution in [-0.2, 0) is 0 Å². The van der Waals surface area contributed by atoms with Crippen LogP contribution >= 0.6 is 0 Å². The minimum absolute atomic E-state index is 0.0546. The van der Waals surface area contributed by atoms with Gasteiger partial charge in [0.25, 0.3) is 5.69 Å². The van der Waals surface area contributed by atoms with E-state index in [1.807, 2.05) is 12.1 Å². The zero-order chi connectivity index (χ0) is 23.5. The largest absolute Gasteiger partial charge is 0.457 e. The van der Waals surface area contributed by atoms with Crippen molar-refractivity contribution in [3.05, 3.63) is 87.5 Å². The first-order valence-corrected chi connectivity index (χ1v) is 11.7. The lowest BCUT2D eigenvalue weighted by molar-refractivity contribution is -0.384. The van der Waals surface area contributed by atoms with Crippen molar-refractivity contribution >= 4 is 17.1 Å². The quantitative estimate of drug-likeness (QED) is 0.227. The normalized spacial score (nSPS) is 12.5. The van der Waals surface area contributed by atoms with Crippen molar-refractivity contribution in [3.8, 4) is 11.5 Å². The highest BCUT2D eigenvalue weighted by Crippen LogP contribution is 2.49. The lowest BCUT2D eigenvalue weighted by atomic mass is 9.82. The molecule has 33 heavy (non-hydrogen) atoms. The Balaban J connectivity index is 1.85. The Bertz CT molecular complexity index is 1070. The van der Waals surface area contributed by atoms with E-state index in [9.17, 15) is 10.1 Å². The molecule has 0 unspecified atom stereocenters. The Morgan fingerprint density at radius 1 is 0.758 bits per heavy atom. The fraction of sp³-hybridized carbons (Fsp3) is 0.333. The molecule has 0 radical (unpaired) electrons. The minimum atomic E-state index is -0.359. The summed E-state index contributed by atoms with van der Waals surface area (Å²) in [7, 11) is 0. The van der Waals surface area contributed by atoms with Gasteiger partial charge in [0.15, 0.2) is 0 Å². The Kier molecular flexibility index (Phi) is 6.54. The van der Waals surface area contributed by atoms with E-state index in [1.165, 1.54) is 0 Å². The number of hydrogen-bond donors (Lipinski definition) is 0. The summed E-state index contributed by atoms with van der Waals surface area (Å²) >= 11 is 0. The number of anilines is 2. The molecule has 6 nitrogen and oxygen atoms in total. The van der Waals surface area contributed by atoms with Crippen LogP contribution in [0.1, 0.15) is 50.3 Å². The summed E-state index contributed by atoms with van der Waals surface area (Å²) in [6.07, 6.45) is 0. The van der Waals surface area contributed by atoms with Gasteiger partial charge in [-0.25, -0.2) is 0 Å². The van der Waals surface area contributed by atoms with E-state index in [-0.39, 0.29) is 16.5 Å². The van der Waals surface area contributed by atoms with Crippen LogP contribution in [0.15, 0.2) is 60.7 Å². The highest BCUT2D eigenvalue weighted by Gasteiger charge is 2.30. The molecule has 0 amide bonds. The van der Waals surface area contributed by atoms with Crippen molar-refractivity contribution in [1.29, 1.82) is 0 Å². The maximum atomic E-state index is 11.2. The van der Waals surface area contributed by atoms with Gasteiger partial charge in [0.2, 0.25) is 0 Å². The molecule has 0 spiro atoms. The predicted octanol–water partition coefficient (Wildman–Crippen LogP) is 6.57. The third kappa shape index (κ3) is 4.25. The molecule has 3 aromatic rings. The first-order valence-electron chi connectivity index (χ1n) is 11.7. The summed E-state index contributed by atoms with van der Waals surface area (Å²) in [4.78, 5) is 15.4. The Morgan fingerprint density at radius 2 is 1.21 bits per heavy atom. The Labute approximate surface area is 195 Å². The standard InChI is InChI=1S/C27H31N3O3/c1-5-28(6-2)21-13-15-23-25(17-21)33-26-18-22(29(7-3)8-4)14-16-24(26)27(23)19-9-11-20(12-10-19)30(31)32/h9-18,27H,5-8H2,1-4H3. The van der Waals surface area contributed by atoms with Crippen LogP contribution in [0.5, 0.6) is 11.5 Å². The molecular formula is C27H31N3O3. The van der Waals surface area contributed by atoms with Crippen molar-refractivity contribution < 1.29 is 9.66 Å². The van der Waals surface area contributed by atoms with Gasteiger partial charge in [0.05, 0.1) is 4.92 Å². The van der Waals surface area contributed by atoms with E-state index < -0.39 is 0 Å². The van der Waals surface area contributed by atoms with Gasteiger partial charge in [-0.05, 0) is 45.4 Å². The molecule has 0 N–H and O–H groups in total. The van der Waals surface area contributed by atoms with Crippen LogP contribution in [-0.4, -0.2) is 31.1 Å². The molecule has 172 valence electrons. The molecule has 1 aliphatic rings. The molecular weight excluding hydrogens is 414 g/mol. The monoisotopic (exact) mass is 445 g/mol. The zero-order valence-corrected chi connectivity index (χ0v) is 19.7. The van der Waals surface area contributed by atoms with Gasteiger partial charge in [-0.1, -0.05) is 24.3 Å². The number of nitrogens with zero attached hydrogens (tertiary/aromatic N) is 3. The second-order valence-corrected chi connectivity index (χ2v) is 8.17. The summed E-state index contributed by atoms with van der Waals surface area (Å²) in [6, 6.07) is 19.7. The fourth-order valence-corrected chi connectivity index (χ4v) is 4.70. The van der Waals surface area contributed by atoms with E-state index in [4.69, 9.17) is 4.74 Å². The summed E-state index contributed by atoms with van der Waals surface area (Å²) in [5.74, 6) is 1.62. The topological polar surface area (TPSA) is 58.8 Å². The number of non-ortho nitro benzene ring substituents is 1. The van der Waals surface area contributed by atoms with Crippen molar-refractivity contribution in [1.82, 2.24) is 0 Å². The molecule has 0 saturated heterocycles. The molecule has 0 fully saturated rings. The second-order valence-electron chi connectivity index (χ2n) is 8.17.